The number of pyridine rings is 1. The highest BCUT2D eigenvalue weighted by molar-refractivity contribution is 5.97. The number of rotatable bonds is 7. The molecule has 0 bridgehead atoms. The monoisotopic (exact) mass is 313 g/mol. The van der Waals surface area contributed by atoms with Crippen molar-refractivity contribution < 1.29 is 14.3 Å². The van der Waals surface area contributed by atoms with Gasteiger partial charge in [-0.25, -0.2) is 0 Å². The first-order chi connectivity index (χ1) is 11.2. The fourth-order valence-corrected chi connectivity index (χ4v) is 2.01. The maximum atomic E-state index is 12.1. The predicted octanol–water partition coefficient (Wildman–Crippen LogP) is 1.53. The average molecular weight is 313 g/mol. The van der Waals surface area contributed by atoms with Crippen LogP contribution in [0.1, 0.15) is 22.3 Å². The number of ether oxygens (including phenoxy) is 1. The summed E-state index contributed by atoms with van der Waals surface area (Å²) in [7, 11) is 1.51. The van der Waals surface area contributed by atoms with Crippen molar-refractivity contribution in [2.75, 3.05) is 13.7 Å². The van der Waals surface area contributed by atoms with E-state index in [-0.39, 0.29) is 24.8 Å². The Bertz CT molecular complexity index is 659. The number of para-hydroxylation sites is 1. The Kier molecular flexibility index (Phi) is 6.11. The van der Waals surface area contributed by atoms with Gasteiger partial charge in [0.25, 0.3) is 5.91 Å². The molecule has 2 N–H and O–H groups in total. The predicted molar refractivity (Wildman–Crippen MR) is 86.0 cm³/mol. The van der Waals surface area contributed by atoms with Crippen LogP contribution in [0.4, 0.5) is 0 Å². The Balaban J connectivity index is 1.74. The molecule has 0 radical (unpaired) electrons. The third-order valence-corrected chi connectivity index (χ3v) is 3.20. The molecule has 0 saturated carbocycles. The van der Waals surface area contributed by atoms with Crippen LogP contribution in [-0.2, 0) is 11.3 Å². The molecule has 6 nitrogen and oxygen atoms in total. The van der Waals surface area contributed by atoms with Crippen molar-refractivity contribution in [3.63, 3.8) is 0 Å². The van der Waals surface area contributed by atoms with Gasteiger partial charge in [0.05, 0.1) is 12.7 Å². The quantitative estimate of drug-likeness (QED) is 0.812. The molecule has 120 valence electrons. The number of aromatic nitrogens is 1. The van der Waals surface area contributed by atoms with Gasteiger partial charge in [0.2, 0.25) is 5.91 Å². The summed E-state index contributed by atoms with van der Waals surface area (Å²) in [5.74, 6) is 0.114. The van der Waals surface area contributed by atoms with Gasteiger partial charge in [0, 0.05) is 31.9 Å². The maximum Gasteiger partial charge on any atom is 0.255 e. The second-order valence-electron chi connectivity index (χ2n) is 4.84. The third kappa shape index (κ3) is 5.10. The molecule has 1 heterocycles. The van der Waals surface area contributed by atoms with Crippen molar-refractivity contribution in [1.82, 2.24) is 15.6 Å². The Morgan fingerprint density at radius 1 is 1.13 bits per heavy atom. The highest BCUT2D eigenvalue weighted by Crippen LogP contribution is 2.16. The number of benzene rings is 1. The number of carbonyl (C=O) groups excluding carboxylic acids is 2. The molecule has 0 atom stereocenters. The van der Waals surface area contributed by atoms with E-state index in [1.54, 1.807) is 36.7 Å². The van der Waals surface area contributed by atoms with Gasteiger partial charge in [-0.3, -0.25) is 14.6 Å². The van der Waals surface area contributed by atoms with Crippen LogP contribution in [0.15, 0.2) is 48.8 Å². The molecule has 0 saturated heterocycles. The molecule has 1 aromatic heterocycles. The SMILES string of the molecule is COc1ccccc1C(=O)NCCC(=O)NCc1cccnc1. The number of carbonyl (C=O) groups is 2. The second-order valence-corrected chi connectivity index (χ2v) is 4.84. The van der Waals surface area contributed by atoms with Crippen molar-refractivity contribution in [2.45, 2.75) is 13.0 Å². The van der Waals surface area contributed by atoms with E-state index in [0.717, 1.165) is 5.56 Å². The highest BCUT2D eigenvalue weighted by atomic mass is 16.5. The molecule has 2 rings (SSSR count). The summed E-state index contributed by atoms with van der Waals surface area (Å²) in [6.07, 6.45) is 3.59. The molecule has 2 aromatic rings. The van der Waals surface area contributed by atoms with Crippen molar-refractivity contribution in [3.8, 4) is 5.75 Å². The summed E-state index contributed by atoms with van der Waals surface area (Å²) in [6, 6.07) is 10.7. The third-order valence-electron chi connectivity index (χ3n) is 3.20. The van der Waals surface area contributed by atoms with Gasteiger partial charge < -0.3 is 15.4 Å². The molecule has 0 fully saturated rings. The summed E-state index contributed by atoms with van der Waals surface area (Å²) in [4.78, 5) is 27.8. The van der Waals surface area contributed by atoms with Gasteiger partial charge in [0.1, 0.15) is 5.75 Å². The minimum atomic E-state index is -0.262. The zero-order chi connectivity index (χ0) is 16.5. The lowest BCUT2D eigenvalue weighted by atomic mass is 10.2. The zero-order valence-corrected chi connectivity index (χ0v) is 12.9. The van der Waals surface area contributed by atoms with Crippen LogP contribution in [0, 0.1) is 0 Å². The van der Waals surface area contributed by atoms with Crippen LogP contribution in [0.3, 0.4) is 0 Å². The van der Waals surface area contributed by atoms with Crippen LogP contribution in [0.5, 0.6) is 5.75 Å². The number of nitrogens with one attached hydrogen (secondary N) is 2. The Morgan fingerprint density at radius 3 is 2.70 bits per heavy atom. The van der Waals surface area contributed by atoms with Crippen LogP contribution < -0.4 is 15.4 Å². The standard InChI is InChI=1S/C17H19N3O3/c1-23-15-7-3-2-6-14(15)17(22)19-10-8-16(21)20-12-13-5-4-9-18-11-13/h2-7,9,11H,8,10,12H2,1H3,(H,19,22)(H,20,21). The lowest BCUT2D eigenvalue weighted by molar-refractivity contribution is -0.121. The van der Waals surface area contributed by atoms with Crippen LogP contribution in [-0.4, -0.2) is 30.5 Å². The van der Waals surface area contributed by atoms with E-state index in [9.17, 15) is 9.59 Å². The zero-order valence-electron chi connectivity index (χ0n) is 12.9. The Hall–Kier alpha value is -2.89. The number of nitrogens with zero attached hydrogens (tertiary/aromatic N) is 1. The van der Waals surface area contributed by atoms with Gasteiger partial charge in [0.15, 0.2) is 0 Å². The van der Waals surface area contributed by atoms with Gasteiger partial charge >= 0.3 is 0 Å². The molecule has 2 amide bonds. The molecule has 6 heteroatoms. The topological polar surface area (TPSA) is 80.3 Å². The van der Waals surface area contributed by atoms with Crippen molar-refractivity contribution in [1.29, 1.82) is 0 Å². The lowest BCUT2D eigenvalue weighted by Gasteiger charge is -2.09. The molecule has 23 heavy (non-hydrogen) atoms. The Labute approximate surface area is 134 Å². The number of methoxy groups -OCH3 is 1. The van der Waals surface area contributed by atoms with E-state index in [1.165, 1.54) is 7.11 Å². The van der Waals surface area contributed by atoms with E-state index >= 15 is 0 Å². The summed E-state index contributed by atoms with van der Waals surface area (Å²) < 4.78 is 5.14. The second kappa shape index (κ2) is 8.53. The van der Waals surface area contributed by atoms with Crippen molar-refractivity contribution >= 4 is 11.8 Å². The molecule has 0 spiro atoms. The maximum absolute atomic E-state index is 12.1. The minimum absolute atomic E-state index is 0.130. The number of amides is 2. The van der Waals surface area contributed by atoms with Gasteiger partial charge in [-0.2, -0.15) is 0 Å². The molecule has 0 aliphatic heterocycles. The first-order valence-electron chi connectivity index (χ1n) is 7.27. The molecule has 1 aromatic carbocycles. The smallest absolute Gasteiger partial charge is 0.255 e. The Morgan fingerprint density at radius 2 is 1.96 bits per heavy atom. The average Bonchev–Trinajstić information content (AvgIpc) is 2.60. The molecule has 0 aliphatic carbocycles. The summed E-state index contributed by atoms with van der Waals surface area (Å²) in [5, 5.41) is 5.49. The van der Waals surface area contributed by atoms with Crippen LogP contribution >= 0.6 is 0 Å². The summed E-state index contributed by atoms with van der Waals surface area (Å²) >= 11 is 0. The van der Waals surface area contributed by atoms with Crippen LogP contribution in [0.25, 0.3) is 0 Å². The minimum Gasteiger partial charge on any atom is -0.496 e. The molecule has 0 unspecified atom stereocenters. The fourth-order valence-electron chi connectivity index (χ4n) is 2.01. The number of hydrogen-bond donors (Lipinski definition) is 2. The lowest BCUT2D eigenvalue weighted by Crippen LogP contribution is -2.30. The fraction of sp³-hybridized carbons (Fsp3) is 0.235. The van der Waals surface area contributed by atoms with Gasteiger partial charge in [-0.15, -0.1) is 0 Å². The van der Waals surface area contributed by atoms with Gasteiger partial charge in [-0.1, -0.05) is 18.2 Å². The molecule has 0 aliphatic rings. The first kappa shape index (κ1) is 16.5. The van der Waals surface area contributed by atoms with E-state index in [2.05, 4.69) is 15.6 Å². The van der Waals surface area contributed by atoms with Crippen molar-refractivity contribution in [2.24, 2.45) is 0 Å². The van der Waals surface area contributed by atoms with Gasteiger partial charge in [-0.05, 0) is 23.8 Å². The normalized spacial score (nSPS) is 9.96. The summed E-state index contributed by atoms with van der Waals surface area (Å²) in [6.45, 7) is 0.683. The van der Waals surface area contributed by atoms with Crippen molar-refractivity contribution in [3.05, 3.63) is 59.9 Å². The van der Waals surface area contributed by atoms with E-state index in [4.69, 9.17) is 4.74 Å². The van der Waals surface area contributed by atoms with E-state index in [1.807, 2.05) is 12.1 Å². The highest BCUT2D eigenvalue weighted by Gasteiger charge is 2.11. The van der Waals surface area contributed by atoms with E-state index in [0.29, 0.717) is 17.9 Å². The number of hydrogen-bond acceptors (Lipinski definition) is 4. The first-order valence-corrected chi connectivity index (χ1v) is 7.27. The van der Waals surface area contributed by atoms with Crippen LogP contribution in [0.2, 0.25) is 0 Å². The molecular formula is C17H19N3O3. The summed E-state index contributed by atoms with van der Waals surface area (Å²) in [5.41, 5.74) is 1.38. The van der Waals surface area contributed by atoms with E-state index < -0.39 is 0 Å². The largest absolute Gasteiger partial charge is 0.496 e. The molecular weight excluding hydrogens is 294 g/mol.